The van der Waals surface area contributed by atoms with Crippen LogP contribution in [-0.4, -0.2) is 12.5 Å². The minimum atomic E-state index is -0.477. The van der Waals surface area contributed by atoms with Crippen LogP contribution < -0.4 is 10.1 Å². The molecule has 0 aromatic heterocycles. The van der Waals surface area contributed by atoms with Gasteiger partial charge in [0, 0.05) is 17.7 Å². The van der Waals surface area contributed by atoms with E-state index in [-0.39, 0.29) is 18.1 Å². The summed E-state index contributed by atoms with van der Waals surface area (Å²) in [6, 6.07) is 11.4. The number of halogens is 1. The summed E-state index contributed by atoms with van der Waals surface area (Å²) in [5.41, 5.74) is 2.22. The molecule has 0 bridgehead atoms. The zero-order valence-corrected chi connectivity index (χ0v) is 11.7. The van der Waals surface area contributed by atoms with Crippen molar-refractivity contribution in [3.8, 4) is 11.8 Å². The Hall–Kier alpha value is -2.87. The van der Waals surface area contributed by atoms with Gasteiger partial charge in [0.1, 0.15) is 18.2 Å². The van der Waals surface area contributed by atoms with Gasteiger partial charge >= 0.3 is 0 Å². The fourth-order valence-electron chi connectivity index (χ4n) is 2.38. The van der Waals surface area contributed by atoms with Crippen molar-refractivity contribution in [2.75, 3.05) is 6.54 Å². The standard InChI is InChI=1S/C17H13FN2O2/c18-16-7-11(9-19)1-2-13(16)10-22-14-4-3-12-5-6-20-17(21)15(12)8-14/h1-4,7-8H,5-6,10H2,(H,20,21). The first-order valence-corrected chi connectivity index (χ1v) is 6.90. The van der Waals surface area contributed by atoms with Gasteiger partial charge in [0.05, 0.1) is 11.6 Å². The van der Waals surface area contributed by atoms with Crippen LogP contribution in [0.25, 0.3) is 0 Å². The molecule has 1 heterocycles. The zero-order chi connectivity index (χ0) is 15.5. The molecule has 110 valence electrons. The van der Waals surface area contributed by atoms with Crippen molar-refractivity contribution >= 4 is 5.91 Å². The van der Waals surface area contributed by atoms with Crippen LogP contribution in [0.5, 0.6) is 5.75 Å². The fraction of sp³-hybridized carbons (Fsp3) is 0.176. The number of benzene rings is 2. The summed E-state index contributed by atoms with van der Waals surface area (Å²) < 4.78 is 19.3. The van der Waals surface area contributed by atoms with Crippen LogP contribution in [0.1, 0.15) is 27.0 Å². The molecule has 0 radical (unpaired) electrons. The maximum absolute atomic E-state index is 13.8. The van der Waals surface area contributed by atoms with Gasteiger partial charge < -0.3 is 10.1 Å². The molecule has 4 nitrogen and oxygen atoms in total. The lowest BCUT2D eigenvalue weighted by atomic mass is 10.0. The highest BCUT2D eigenvalue weighted by Crippen LogP contribution is 2.22. The summed E-state index contributed by atoms with van der Waals surface area (Å²) in [5.74, 6) is -0.0782. The molecule has 2 aromatic rings. The van der Waals surface area contributed by atoms with Gasteiger partial charge in [-0.05, 0) is 36.2 Å². The third-order valence-corrected chi connectivity index (χ3v) is 3.58. The number of nitrogens with zero attached hydrogens (tertiary/aromatic N) is 1. The molecule has 0 saturated carbocycles. The first kappa shape index (κ1) is 14.1. The lowest BCUT2D eigenvalue weighted by Gasteiger charge is -2.17. The summed E-state index contributed by atoms with van der Waals surface area (Å²) in [5, 5.41) is 11.5. The third-order valence-electron chi connectivity index (χ3n) is 3.58. The highest BCUT2D eigenvalue weighted by Gasteiger charge is 2.17. The van der Waals surface area contributed by atoms with Crippen LogP contribution >= 0.6 is 0 Å². The Morgan fingerprint density at radius 1 is 1.27 bits per heavy atom. The number of carbonyl (C=O) groups is 1. The van der Waals surface area contributed by atoms with E-state index in [4.69, 9.17) is 10.00 Å². The van der Waals surface area contributed by atoms with E-state index >= 15 is 0 Å². The predicted molar refractivity (Wildman–Crippen MR) is 77.9 cm³/mol. The van der Waals surface area contributed by atoms with Crippen LogP contribution in [0, 0.1) is 17.1 Å². The third kappa shape index (κ3) is 2.77. The van der Waals surface area contributed by atoms with Gasteiger partial charge in [-0.15, -0.1) is 0 Å². The molecule has 1 amide bonds. The number of fused-ring (bicyclic) bond motifs is 1. The lowest BCUT2D eigenvalue weighted by Crippen LogP contribution is -2.31. The number of hydrogen-bond acceptors (Lipinski definition) is 3. The van der Waals surface area contributed by atoms with Gasteiger partial charge in [0.2, 0.25) is 0 Å². The highest BCUT2D eigenvalue weighted by molar-refractivity contribution is 5.97. The van der Waals surface area contributed by atoms with Gasteiger partial charge in [-0.2, -0.15) is 5.26 Å². The first-order chi connectivity index (χ1) is 10.7. The van der Waals surface area contributed by atoms with Crippen molar-refractivity contribution < 1.29 is 13.9 Å². The van der Waals surface area contributed by atoms with Gasteiger partial charge in [0.25, 0.3) is 5.91 Å². The van der Waals surface area contributed by atoms with Crippen molar-refractivity contribution in [1.29, 1.82) is 5.26 Å². The first-order valence-electron chi connectivity index (χ1n) is 6.90. The van der Waals surface area contributed by atoms with Crippen LogP contribution in [0.15, 0.2) is 36.4 Å². The Bertz CT molecular complexity index is 781. The van der Waals surface area contributed by atoms with Crippen molar-refractivity contribution in [3.63, 3.8) is 0 Å². The fourth-order valence-corrected chi connectivity index (χ4v) is 2.38. The summed E-state index contributed by atoms with van der Waals surface area (Å²) in [4.78, 5) is 11.8. The maximum atomic E-state index is 13.8. The molecule has 1 N–H and O–H groups in total. The van der Waals surface area contributed by atoms with Crippen molar-refractivity contribution in [3.05, 3.63) is 64.5 Å². The van der Waals surface area contributed by atoms with E-state index in [1.54, 1.807) is 18.2 Å². The minimum absolute atomic E-state index is 0.0396. The number of hydrogen-bond donors (Lipinski definition) is 1. The molecule has 1 aliphatic heterocycles. The predicted octanol–water partition coefficient (Wildman–Crippen LogP) is 2.56. The molecule has 0 aliphatic carbocycles. The molecule has 22 heavy (non-hydrogen) atoms. The molecule has 0 unspecified atom stereocenters. The van der Waals surface area contributed by atoms with Crippen molar-refractivity contribution in [2.45, 2.75) is 13.0 Å². The van der Waals surface area contributed by atoms with Crippen LogP contribution in [-0.2, 0) is 13.0 Å². The largest absolute Gasteiger partial charge is 0.489 e. The average Bonchev–Trinajstić information content (AvgIpc) is 2.54. The van der Waals surface area contributed by atoms with E-state index in [9.17, 15) is 9.18 Å². The SMILES string of the molecule is N#Cc1ccc(COc2ccc3c(c2)C(=O)NCC3)c(F)c1. The summed E-state index contributed by atoms with van der Waals surface area (Å²) in [6.45, 7) is 0.681. The van der Waals surface area contributed by atoms with Gasteiger partial charge in [-0.1, -0.05) is 12.1 Å². The minimum Gasteiger partial charge on any atom is -0.489 e. The second-order valence-corrected chi connectivity index (χ2v) is 5.03. The molecule has 0 fully saturated rings. The second kappa shape index (κ2) is 5.86. The Morgan fingerprint density at radius 2 is 2.14 bits per heavy atom. The van der Waals surface area contributed by atoms with Crippen LogP contribution in [0.2, 0.25) is 0 Å². The topological polar surface area (TPSA) is 62.1 Å². The summed E-state index contributed by atoms with van der Waals surface area (Å²) >= 11 is 0. The number of nitriles is 1. The number of amides is 1. The number of carbonyl (C=O) groups excluding carboxylic acids is 1. The molecule has 0 saturated heterocycles. The van der Waals surface area contributed by atoms with E-state index in [0.29, 0.717) is 23.4 Å². The lowest BCUT2D eigenvalue weighted by molar-refractivity contribution is 0.0945. The maximum Gasteiger partial charge on any atom is 0.251 e. The van der Waals surface area contributed by atoms with Gasteiger partial charge in [-0.3, -0.25) is 4.79 Å². The summed E-state index contributed by atoms with van der Waals surface area (Å²) in [7, 11) is 0. The Labute approximate surface area is 127 Å². The quantitative estimate of drug-likeness (QED) is 0.947. The van der Waals surface area contributed by atoms with Crippen molar-refractivity contribution in [2.24, 2.45) is 0 Å². The Kier molecular flexibility index (Phi) is 3.75. The number of rotatable bonds is 3. The molecule has 5 heteroatoms. The monoisotopic (exact) mass is 296 g/mol. The van der Waals surface area contributed by atoms with E-state index < -0.39 is 5.82 Å². The van der Waals surface area contributed by atoms with E-state index in [2.05, 4.69) is 5.32 Å². The highest BCUT2D eigenvalue weighted by atomic mass is 19.1. The molecule has 2 aromatic carbocycles. The Morgan fingerprint density at radius 3 is 2.91 bits per heavy atom. The molecular formula is C17H13FN2O2. The molecule has 3 rings (SSSR count). The molecular weight excluding hydrogens is 283 g/mol. The van der Waals surface area contributed by atoms with Gasteiger partial charge in [0.15, 0.2) is 0 Å². The Balaban J connectivity index is 1.76. The van der Waals surface area contributed by atoms with Crippen LogP contribution in [0.3, 0.4) is 0 Å². The van der Waals surface area contributed by atoms with Gasteiger partial charge in [-0.25, -0.2) is 4.39 Å². The van der Waals surface area contributed by atoms with E-state index in [1.165, 1.54) is 12.1 Å². The summed E-state index contributed by atoms with van der Waals surface area (Å²) in [6.07, 6.45) is 0.797. The van der Waals surface area contributed by atoms with Crippen LogP contribution in [0.4, 0.5) is 4.39 Å². The zero-order valence-electron chi connectivity index (χ0n) is 11.7. The number of nitrogens with one attached hydrogen (secondary N) is 1. The molecule has 0 atom stereocenters. The normalized spacial score (nSPS) is 13.0. The average molecular weight is 296 g/mol. The smallest absolute Gasteiger partial charge is 0.251 e. The van der Waals surface area contributed by atoms with E-state index in [0.717, 1.165) is 12.0 Å². The van der Waals surface area contributed by atoms with E-state index in [1.807, 2.05) is 12.1 Å². The number of ether oxygens (including phenoxy) is 1. The second-order valence-electron chi connectivity index (χ2n) is 5.03. The molecule has 0 spiro atoms. The molecule has 1 aliphatic rings. The van der Waals surface area contributed by atoms with Crippen molar-refractivity contribution in [1.82, 2.24) is 5.32 Å².